The van der Waals surface area contributed by atoms with Crippen molar-refractivity contribution in [3.8, 4) is 0 Å². The Balaban J connectivity index is 1.51. The average molecular weight is 384 g/mol. The molecule has 0 radical (unpaired) electrons. The van der Waals surface area contributed by atoms with Gasteiger partial charge in [-0.15, -0.1) is 0 Å². The number of alkyl carbamates (subject to hydrolysis) is 1. The summed E-state index contributed by atoms with van der Waals surface area (Å²) in [6, 6.07) is 9.42. The Morgan fingerprint density at radius 3 is 2.61 bits per heavy atom. The molecule has 3 aliphatic rings. The lowest BCUT2D eigenvalue weighted by molar-refractivity contribution is -0.144. The molecule has 4 atom stereocenters. The Labute approximate surface area is 163 Å². The van der Waals surface area contributed by atoms with Crippen molar-refractivity contribution in [1.82, 2.24) is 10.2 Å². The predicted molar refractivity (Wildman–Crippen MR) is 100.0 cm³/mol. The first kappa shape index (κ1) is 18.7. The van der Waals surface area contributed by atoms with Gasteiger partial charge in [0.05, 0.1) is 31.0 Å². The second kappa shape index (κ2) is 6.44. The largest absolute Gasteiger partial charge is 0.444 e. The van der Waals surface area contributed by atoms with Crippen LogP contribution in [-0.2, 0) is 25.6 Å². The lowest BCUT2D eigenvalue weighted by Crippen LogP contribution is -2.49. The number of likely N-dealkylation sites (tertiary alicyclic amines) is 1. The number of imide groups is 1. The summed E-state index contributed by atoms with van der Waals surface area (Å²) in [5, 5.41) is 2.69. The number of amides is 3. The molecular formula is C21H24N2O5. The molecule has 3 heterocycles. The molecular weight excluding hydrogens is 360 g/mol. The SMILES string of the molecule is CC(C)(C)OC(=O)NC[C@@]12C=C[C@H](O1)[C@@H]1C(=O)N(Cc3ccccc3)C(=O)[C@@H]12. The van der Waals surface area contributed by atoms with Gasteiger partial charge in [-0.05, 0) is 26.3 Å². The Hall–Kier alpha value is -2.67. The third-order valence-electron chi connectivity index (χ3n) is 5.34. The van der Waals surface area contributed by atoms with E-state index in [-0.39, 0.29) is 24.9 Å². The van der Waals surface area contributed by atoms with Crippen molar-refractivity contribution in [1.29, 1.82) is 0 Å². The maximum Gasteiger partial charge on any atom is 0.407 e. The molecule has 0 unspecified atom stereocenters. The first-order valence-corrected chi connectivity index (χ1v) is 9.43. The smallest absolute Gasteiger partial charge is 0.407 e. The van der Waals surface area contributed by atoms with Crippen LogP contribution in [0.15, 0.2) is 42.5 Å². The van der Waals surface area contributed by atoms with Gasteiger partial charge in [-0.1, -0.05) is 42.5 Å². The number of hydrogen-bond donors (Lipinski definition) is 1. The van der Waals surface area contributed by atoms with Crippen molar-refractivity contribution >= 4 is 17.9 Å². The Bertz CT molecular complexity index is 844. The summed E-state index contributed by atoms with van der Waals surface area (Å²) in [5.41, 5.74) is -0.739. The molecule has 2 saturated heterocycles. The lowest BCUT2D eigenvalue weighted by Gasteiger charge is -2.29. The summed E-state index contributed by atoms with van der Waals surface area (Å²) >= 11 is 0. The van der Waals surface area contributed by atoms with Crippen LogP contribution in [0.1, 0.15) is 26.3 Å². The van der Waals surface area contributed by atoms with E-state index in [2.05, 4.69) is 5.32 Å². The minimum absolute atomic E-state index is 0.0777. The zero-order valence-corrected chi connectivity index (χ0v) is 16.2. The second-order valence-corrected chi connectivity index (χ2v) is 8.50. The van der Waals surface area contributed by atoms with E-state index in [0.717, 1.165) is 5.56 Å². The Kier molecular flexibility index (Phi) is 4.30. The Morgan fingerprint density at radius 1 is 1.21 bits per heavy atom. The first-order chi connectivity index (χ1) is 13.2. The monoisotopic (exact) mass is 384 g/mol. The fourth-order valence-electron chi connectivity index (χ4n) is 4.21. The zero-order chi connectivity index (χ0) is 20.1. The lowest BCUT2D eigenvalue weighted by atomic mass is 9.77. The van der Waals surface area contributed by atoms with Gasteiger partial charge in [0, 0.05) is 0 Å². The van der Waals surface area contributed by atoms with Crippen LogP contribution in [0, 0.1) is 11.8 Å². The van der Waals surface area contributed by atoms with Gasteiger partial charge in [0.15, 0.2) is 0 Å². The van der Waals surface area contributed by atoms with Crippen LogP contribution in [-0.4, -0.2) is 46.7 Å². The van der Waals surface area contributed by atoms with Crippen molar-refractivity contribution in [2.75, 3.05) is 6.54 Å². The summed E-state index contributed by atoms with van der Waals surface area (Å²) < 4.78 is 11.3. The first-order valence-electron chi connectivity index (χ1n) is 9.43. The minimum Gasteiger partial charge on any atom is -0.444 e. The quantitative estimate of drug-likeness (QED) is 0.634. The molecule has 0 aromatic heterocycles. The van der Waals surface area contributed by atoms with E-state index in [9.17, 15) is 14.4 Å². The van der Waals surface area contributed by atoms with Crippen molar-refractivity contribution in [3.05, 3.63) is 48.0 Å². The van der Waals surface area contributed by atoms with E-state index >= 15 is 0 Å². The van der Waals surface area contributed by atoms with Gasteiger partial charge >= 0.3 is 6.09 Å². The van der Waals surface area contributed by atoms with Gasteiger partial charge in [0.1, 0.15) is 11.2 Å². The van der Waals surface area contributed by atoms with Crippen molar-refractivity contribution < 1.29 is 23.9 Å². The van der Waals surface area contributed by atoms with Gasteiger partial charge < -0.3 is 14.8 Å². The number of fused-ring (bicyclic) bond motifs is 5. The second-order valence-electron chi connectivity index (χ2n) is 8.50. The average Bonchev–Trinajstić information content (AvgIpc) is 3.26. The van der Waals surface area contributed by atoms with Crippen LogP contribution in [0.3, 0.4) is 0 Å². The maximum atomic E-state index is 13.1. The molecule has 1 aromatic carbocycles. The van der Waals surface area contributed by atoms with E-state index in [0.29, 0.717) is 0 Å². The van der Waals surface area contributed by atoms with E-state index in [4.69, 9.17) is 9.47 Å². The topological polar surface area (TPSA) is 84.9 Å². The number of hydrogen-bond acceptors (Lipinski definition) is 5. The fraction of sp³-hybridized carbons (Fsp3) is 0.476. The molecule has 3 aliphatic heterocycles. The van der Waals surface area contributed by atoms with Crippen molar-refractivity contribution in [2.24, 2.45) is 11.8 Å². The van der Waals surface area contributed by atoms with E-state index < -0.39 is 35.2 Å². The van der Waals surface area contributed by atoms with Crippen LogP contribution in [0.4, 0.5) is 4.79 Å². The van der Waals surface area contributed by atoms with Gasteiger partial charge in [-0.3, -0.25) is 14.5 Å². The molecule has 1 aromatic rings. The summed E-state index contributed by atoms with van der Waals surface area (Å²) in [6.45, 7) is 5.65. The highest BCUT2D eigenvalue weighted by molar-refractivity contribution is 6.07. The number of nitrogens with zero attached hydrogens (tertiary/aromatic N) is 1. The number of nitrogens with one attached hydrogen (secondary N) is 1. The summed E-state index contributed by atoms with van der Waals surface area (Å²) in [5.74, 6) is -1.64. The maximum absolute atomic E-state index is 13.1. The molecule has 2 fully saturated rings. The number of carbonyl (C=O) groups is 3. The molecule has 28 heavy (non-hydrogen) atoms. The third-order valence-corrected chi connectivity index (χ3v) is 5.34. The zero-order valence-electron chi connectivity index (χ0n) is 16.2. The summed E-state index contributed by atoms with van der Waals surface area (Å²) in [6.07, 6.45) is 2.59. The molecule has 0 spiro atoms. The van der Waals surface area contributed by atoms with Gasteiger partial charge in [0.2, 0.25) is 11.8 Å². The van der Waals surface area contributed by atoms with Gasteiger partial charge in [-0.25, -0.2) is 4.79 Å². The van der Waals surface area contributed by atoms with E-state index in [1.807, 2.05) is 36.4 Å². The number of rotatable bonds is 4. The number of benzene rings is 1. The fourth-order valence-corrected chi connectivity index (χ4v) is 4.21. The molecule has 0 saturated carbocycles. The van der Waals surface area contributed by atoms with Crippen LogP contribution in [0.25, 0.3) is 0 Å². The predicted octanol–water partition coefficient (Wildman–Crippen LogP) is 2.02. The van der Waals surface area contributed by atoms with E-state index in [1.54, 1.807) is 26.8 Å². The van der Waals surface area contributed by atoms with Crippen LogP contribution in [0.5, 0.6) is 0 Å². The van der Waals surface area contributed by atoms with Crippen LogP contribution >= 0.6 is 0 Å². The van der Waals surface area contributed by atoms with Gasteiger partial charge in [-0.2, -0.15) is 0 Å². The van der Waals surface area contributed by atoms with Gasteiger partial charge in [0.25, 0.3) is 0 Å². The molecule has 7 nitrogen and oxygen atoms in total. The number of carbonyl (C=O) groups excluding carboxylic acids is 3. The molecule has 148 valence electrons. The highest BCUT2D eigenvalue weighted by Crippen LogP contribution is 2.51. The molecule has 3 amide bonds. The molecule has 4 rings (SSSR count). The minimum atomic E-state index is -1.01. The van der Waals surface area contributed by atoms with Crippen molar-refractivity contribution in [3.63, 3.8) is 0 Å². The van der Waals surface area contributed by atoms with Crippen LogP contribution < -0.4 is 5.32 Å². The standard InChI is InChI=1S/C21H24N2O5/c1-20(2,3)28-19(26)22-12-21-10-9-14(27-21)15-16(21)18(25)23(17(15)24)11-13-7-5-4-6-8-13/h4-10,14-16H,11-12H2,1-3H3,(H,22,26)/t14-,15-,16+,21+/m0/s1. The molecule has 0 aliphatic carbocycles. The van der Waals surface area contributed by atoms with Crippen LogP contribution in [0.2, 0.25) is 0 Å². The molecule has 7 heteroatoms. The normalized spacial score (nSPS) is 30.7. The number of ether oxygens (including phenoxy) is 2. The molecule has 1 N–H and O–H groups in total. The van der Waals surface area contributed by atoms with E-state index in [1.165, 1.54) is 4.90 Å². The molecule has 2 bridgehead atoms. The highest BCUT2D eigenvalue weighted by atomic mass is 16.6. The summed E-state index contributed by atoms with van der Waals surface area (Å²) in [4.78, 5) is 39.4. The van der Waals surface area contributed by atoms with Crippen molar-refractivity contribution in [2.45, 2.75) is 44.6 Å². The highest BCUT2D eigenvalue weighted by Gasteiger charge is 2.67. The third kappa shape index (κ3) is 3.09. The Morgan fingerprint density at radius 2 is 1.93 bits per heavy atom. The summed E-state index contributed by atoms with van der Waals surface area (Å²) in [7, 11) is 0.